The van der Waals surface area contributed by atoms with Crippen LogP contribution in [0.3, 0.4) is 0 Å². The maximum Gasteiger partial charge on any atom is 0.323 e. The number of aliphatic carboxylic acids is 1. The normalized spacial score (nSPS) is 14.3. The fourth-order valence-corrected chi connectivity index (χ4v) is 2.84. The average molecular weight is 285 g/mol. The molecule has 0 saturated carbocycles. The van der Waals surface area contributed by atoms with Gasteiger partial charge in [-0.05, 0) is 32.1 Å². The Labute approximate surface area is 118 Å². The first-order valence-corrected chi connectivity index (χ1v) is 7.56. The molecular weight excluding hydrogens is 262 g/mol. The highest BCUT2D eigenvalue weighted by Gasteiger charge is 2.30. The van der Waals surface area contributed by atoms with E-state index >= 15 is 0 Å². The summed E-state index contributed by atoms with van der Waals surface area (Å²) in [5.41, 5.74) is -0.798. The molecule has 0 fully saturated rings. The lowest BCUT2D eigenvalue weighted by Crippen LogP contribution is -2.49. The largest absolute Gasteiger partial charge is 0.480 e. The van der Waals surface area contributed by atoms with Gasteiger partial charge < -0.3 is 10.4 Å². The first-order chi connectivity index (χ1) is 8.98. The minimum atomic E-state index is -0.798. The lowest BCUT2D eigenvalue weighted by atomic mass is 9.95. The number of carboxylic acid groups (broad SMARTS) is 1. The van der Waals surface area contributed by atoms with Crippen LogP contribution in [0.25, 0.3) is 0 Å². The van der Waals surface area contributed by atoms with E-state index in [4.69, 9.17) is 0 Å². The second-order valence-corrected chi connectivity index (χ2v) is 5.99. The number of aryl methyl sites for hydroxylation is 1. The third-order valence-corrected chi connectivity index (χ3v) is 4.10. The zero-order chi connectivity index (χ0) is 14.3. The van der Waals surface area contributed by atoms with Crippen LogP contribution in [0.2, 0.25) is 0 Å². The van der Waals surface area contributed by atoms with Crippen molar-refractivity contribution in [2.45, 2.75) is 43.5 Å². The van der Waals surface area contributed by atoms with Gasteiger partial charge in [-0.3, -0.25) is 9.48 Å². The number of nitrogens with zero attached hydrogens (tertiary/aromatic N) is 2. The number of carbonyl (C=O) groups is 1. The Bertz CT molecular complexity index is 408. The molecule has 0 saturated heterocycles. The van der Waals surface area contributed by atoms with E-state index in [1.54, 1.807) is 23.4 Å². The lowest BCUT2D eigenvalue weighted by molar-refractivity contribution is -0.144. The van der Waals surface area contributed by atoms with Gasteiger partial charge in [-0.2, -0.15) is 5.10 Å². The van der Waals surface area contributed by atoms with E-state index in [2.05, 4.69) is 10.4 Å². The summed E-state index contributed by atoms with van der Waals surface area (Å²) >= 11 is 1.76. The molecule has 0 aliphatic carbocycles. The van der Waals surface area contributed by atoms with E-state index in [1.165, 1.54) is 0 Å². The van der Waals surface area contributed by atoms with Crippen molar-refractivity contribution in [2.75, 3.05) is 12.3 Å². The second kappa shape index (κ2) is 7.55. The fraction of sp³-hybridized carbons (Fsp3) is 0.692. The molecule has 0 amide bonds. The summed E-state index contributed by atoms with van der Waals surface area (Å²) in [7, 11) is 1.90. The molecule has 0 aliphatic heterocycles. The Kier molecular flexibility index (Phi) is 6.37. The molecule has 1 aromatic heterocycles. The van der Waals surface area contributed by atoms with E-state index in [0.29, 0.717) is 13.0 Å². The van der Waals surface area contributed by atoms with E-state index in [-0.39, 0.29) is 0 Å². The van der Waals surface area contributed by atoms with Crippen molar-refractivity contribution < 1.29 is 9.90 Å². The van der Waals surface area contributed by atoms with Gasteiger partial charge in [-0.15, -0.1) is 11.8 Å². The smallest absolute Gasteiger partial charge is 0.323 e. The van der Waals surface area contributed by atoms with Gasteiger partial charge >= 0.3 is 5.97 Å². The summed E-state index contributed by atoms with van der Waals surface area (Å²) in [6, 6.07) is 0. The van der Waals surface area contributed by atoms with Crippen molar-refractivity contribution in [1.82, 2.24) is 15.1 Å². The van der Waals surface area contributed by atoms with Crippen LogP contribution >= 0.6 is 11.8 Å². The Morgan fingerprint density at radius 3 is 2.84 bits per heavy atom. The van der Waals surface area contributed by atoms with Crippen LogP contribution in [0.5, 0.6) is 0 Å². The van der Waals surface area contributed by atoms with Gasteiger partial charge in [0, 0.05) is 18.1 Å². The maximum atomic E-state index is 11.2. The predicted molar refractivity (Wildman–Crippen MR) is 77.5 cm³/mol. The van der Waals surface area contributed by atoms with Crippen molar-refractivity contribution in [3.8, 4) is 0 Å². The van der Waals surface area contributed by atoms with E-state index in [1.807, 2.05) is 26.4 Å². The van der Waals surface area contributed by atoms with Gasteiger partial charge in [0.1, 0.15) is 5.54 Å². The lowest BCUT2D eigenvalue weighted by Gasteiger charge is -2.25. The average Bonchev–Trinajstić information content (AvgIpc) is 2.75. The Balaban J connectivity index is 2.24. The van der Waals surface area contributed by atoms with Crippen LogP contribution < -0.4 is 5.32 Å². The number of aromatic nitrogens is 2. The molecular formula is C13H23N3O2S. The number of likely N-dealkylation sites (N-methyl/N-ethyl adjacent to an activating group) is 1. The van der Waals surface area contributed by atoms with Crippen molar-refractivity contribution in [3.63, 3.8) is 0 Å². The van der Waals surface area contributed by atoms with Gasteiger partial charge in [-0.25, -0.2) is 0 Å². The summed E-state index contributed by atoms with van der Waals surface area (Å²) < 4.78 is 1.79. The van der Waals surface area contributed by atoms with Crippen LogP contribution in [0.4, 0.5) is 0 Å². The van der Waals surface area contributed by atoms with Gasteiger partial charge in [0.2, 0.25) is 0 Å². The molecule has 1 rings (SSSR count). The van der Waals surface area contributed by atoms with Crippen molar-refractivity contribution in [2.24, 2.45) is 7.05 Å². The molecule has 6 heteroatoms. The highest BCUT2D eigenvalue weighted by atomic mass is 32.2. The van der Waals surface area contributed by atoms with Crippen molar-refractivity contribution >= 4 is 17.7 Å². The number of nitrogens with one attached hydrogen (secondary N) is 1. The highest BCUT2D eigenvalue weighted by molar-refractivity contribution is 7.99. The first-order valence-electron chi connectivity index (χ1n) is 6.58. The van der Waals surface area contributed by atoms with Crippen molar-refractivity contribution in [3.05, 3.63) is 12.4 Å². The molecule has 1 atom stereocenters. The summed E-state index contributed by atoms with van der Waals surface area (Å²) in [6.07, 6.45) is 6.41. The van der Waals surface area contributed by atoms with Gasteiger partial charge in [0.15, 0.2) is 0 Å². The zero-order valence-corrected chi connectivity index (χ0v) is 12.7. The first kappa shape index (κ1) is 16.0. The minimum Gasteiger partial charge on any atom is -0.480 e. The van der Waals surface area contributed by atoms with Gasteiger partial charge in [-0.1, -0.05) is 13.3 Å². The summed E-state index contributed by atoms with van der Waals surface area (Å²) in [5, 5.41) is 16.4. The van der Waals surface area contributed by atoms with E-state index in [0.717, 1.165) is 23.5 Å². The Morgan fingerprint density at radius 2 is 2.32 bits per heavy atom. The third-order valence-electron chi connectivity index (χ3n) is 3.06. The Hall–Kier alpha value is -1.01. The molecule has 0 aromatic carbocycles. The monoisotopic (exact) mass is 285 g/mol. The molecule has 108 valence electrons. The number of unbranched alkanes of at least 4 members (excludes halogenated alkanes) is 1. The molecule has 19 heavy (non-hydrogen) atoms. The van der Waals surface area contributed by atoms with E-state index in [9.17, 15) is 9.90 Å². The zero-order valence-electron chi connectivity index (χ0n) is 11.8. The van der Waals surface area contributed by atoms with Crippen LogP contribution in [-0.2, 0) is 11.8 Å². The molecule has 1 aromatic rings. The molecule has 1 heterocycles. The van der Waals surface area contributed by atoms with Gasteiger partial charge in [0.05, 0.1) is 6.20 Å². The number of thioether (sulfide) groups is 1. The number of hydrogen-bond donors (Lipinski definition) is 2. The molecule has 2 N–H and O–H groups in total. The molecule has 0 radical (unpaired) electrons. The summed E-state index contributed by atoms with van der Waals surface area (Å²) in [4.78, 5) is 12.4. The molecule has 1 unspecified atom stereocenters. The second-order valence-electron chi connectivity index (χ2n) is 4.82. The van der Waals surface area contributed by atoms with E-state index < -0.39 is 11.5 Å². The third kappa shape index (κ3) is 5.24. The van der Waals surface area contributed by atoms with Crippen LogP contribution in [0.1, 0.15) is 33.1 Å². The molecule has 5 nitrogen and oxygen atoms in total. The van der Waals surface area contributed by atoms with Crippen LogP contribution in [0, 0.1) is 0 Å². The number of hydrogen-bond acceptors (Lipinski definition) is 4. The molecule has 0 aliphatic rings. The number of carboxylic acids is 1. The van der Waals surface area contributed by atoms with Gasteiger partial charge in [0.25, 0.3) is 0 Å². The maximum absolute atomic E-state index is 11.2. The molecule has 0 spiro atoms. The summed E-state index contributed by atoms with van der Waals surface area (Å²) in [6.45, 7) is 4.36. The van der Waals surface area contributed by atoms with Crippen LogP contribution in [-0.4, -0.2) is 38.7 Å². The topological polar surface area (TPSA) is 67.2 Å². The standard InChI is InChI=1S/C13H23N3O2S/c1-4-14-13(2,12(17)18)7-5-6-8-19-11-9-15-16(3)10-11/h9-10,14H,4-8H2,1-3H3,(H,17,18). The SMILES string of the molecule is CCNC(C)(CCCCSc1cnn(C)c1)C(=O)O. The molecule has 0 bridgehead atoms. The van der Waals surface area contributed by atoms with Crippen molar-refractivity contribution in [1.29, 1.82) is 0 Å². The minimum absolute atomic E-state index is 0.657. The summed E-state index contributed by atoms with van der Waals surface area (Å²) in [5.74, 6) is 0.224. The highest BCUT2D eigenvalue weighted by Crippen LogP contribution is 2.20. The quantitative estimate of drug-likeness (QED) is 0.537. The van der Waals surface area contributed by atoms with Crippen LogP contribution in [0.15, 0.2) is 17.3 Å². The predicted octanol–water partition coefficient (Wildman–Crippen LogP) is 2.14. The fourth-order valence-electron chi connectivity index (χ4n) is 1.91. The number of rotatable bonds is 9. The Morgan fingerprint density at radius 1 is 1.58 bits per heavy atom.